The van der Waals surface area contributed by atoms with E-state index < -0.39 is 6.04 Å². The summed E-state index contributed by atoms with van der Waals surface area (Å²) in [5.74, 6) is 0.749. The van der Waals surface area contributed by atoms with Gasteiger partial charge in [-0.25, -0.2) is 4.79 Å². The number of aryl methyl sites for hydroxylation is 1. The van der Waals surface area contributed by atoms with E-state index in [1.807, 2.05) is 31.0 Å². The van der Waals surface area contributed by atoms with Crippen LogP contribution in [0.1, 0.15) is 43.5 Å². The highest BCUT2D eigenvalue weighted by Gasteiger charge is 2.49. The molecule has 3 heterocycles. The molecule has 0 unspecified atom stereocenters. The Bertz CT molecular complexity index is 1060. The molecule has 1 fully saturated rings. The molecule has 0 saturated carbocycles. The Morgan fingerprint density at radius 1 is 1.24 bits per heavy atom. The summed E-state index contributed by atoms with van der Waals surface area (Å²) in [6.07, 6.45) is 2.30. The summed E-state index contributed by atoms with van der Waals surface area (Å²) in [6, 6.07) is 5.44. The highest BCUT2D eigenvalue weighted by atomic mass is 16.5. The van der Waals surface area contributed by atoms with Crippen molar-refractivity contribution >= 4 is 22.8 Å². The molecule has 0 bridgehead atoms. The van der Waals surface area contributed by atoms with Crippen molar-refractivity contribution in [1.29, 1.82) is 0 Å². The van der Waals surface area contributed by atoms with Crippen molar-refractivity contribution in [3.8, 4) is 5.75 Å². The largest absolute Gasteiger partial charge is 0.497 e. The van der Waals surface area contributed by atoms with Crippen molar-refractivity contribution in [3.05, 3.63) is 29.5 Å². The van der Waals surface area contributed by atoms with Gasteiger partial charge in [0.15, 0.2) is 0 Å². The molecular formula is C25H36N4O5. The third kappa shape index (κ3) is 4.01. The number of nitrogens with zero attached hydrogens (tertiary/aromatic N) is 3. The number of benzene rings is 1. The average Bonchev–Trinajstić information content (AvgIpc) is 3.15. The number of carbonyl (C=O) groups is 2. The number of methoxy groups -OCH3 is 2. The summed E-state index contributed by atoms with van der Waals surface area (Å²) in [7, 11) is 5.17. The molecule has 1 saturated heterocycles. The molecule has 0 radical (unpaired) electrons. The molecule has 2 aliphatic heterocycles. The molecule has 2 aliphatic rings. The maximum absolute atomic E-state index is 13.2. The third-order valence-corrected chi connectivity index (χ3v) is 7.45. The average molecular weight is 473 g/mol. The van der Waals surface area contributed by atoms with Gasteiger partial charge in [-0.05, 0) is 37.0 Å². The van der Waals surface area contributed by atoms with E-state index in [0.717, 1.165) is 41.6 Å². The molecule has 9 heteroatoms. The molecule has 34 heavy (non-hydrogen) atoms. The topological polar surface area (TPSA) is 96.3 Å². The molecule has 2 N–H and O–H groups in total. The van der Waals surface area contributed by atoms with Gasteiger partial charge in [0.2, 0.25) is 5.91 Å². The van der Waals surface area contributed by atoms with Crippen molar-refractivity contribution < 1.29 is 24.2 Å². The molecule has 0 aliphatic carbocycles. The fourth-order valence-electron chi connectivity index (χ4n) is 5.71. The zero-order valence-electron chi connectivity index (χ0n) is 20.6. The Morgan fingerprint density at radius 3 is 2.59 bits per heavy atom. The number of hydrogen-bond donors (Lipinski definition) is 2. The number of piperidine rings is 1. The van der Waals surface area contributed by atoms with Crippen LogP contribution in [0.15, 0.2) is 18.2 Å². The van der Waals surface area contributed by atoms with Crippen LogP contribution in [0.2, 0.25) is 0 Å². The summed E-state index contributed by atoms with van der Waals surface area (Å²) in [4.78, 5) is 29.3. The molecule has 9 nitrogen and oxygen atoms in total. The van der Waals surface area contributed by atoms with Gasteiger partial charge in [-0.1, -0.05) is 6.92 Å². The Hall–Kier alpha value is -2.78. The number of urea groups is 1. The number of fused-ring (bicyclic) bond motifs is 4. The van der Waals surface area contributed by atoms with Gasteiger partial charge in [-0.3, -0.25) is 4.79 Å². The zero-order valence-corrected chi connectivity index (χ0v) is 20.6. The van der Waals surface area contributed by atoms with E-state index in [0.29, 0.717) is 26.2 Å². The lowest BCUT2D eigenvalue weighted by atomic mass is 9.68. The van der Waals surface area contributed by atoms with Crippen LogP contribution >= 0.6 is 0 Å². The number of carbonyl (C=O) groups excluding carboxylic acids is 2. The molecule has 1 spiro atoms. The van der Waals surface area contributed by atoms with Crippen LogP contribution in [-0.4, -0.2) is 85.0 Å². The fraction of sp³-hybridized carbons (Fsp3) is 0.600. The van der Waals surface area contributed by atoms with Gasteiger partial charge in [0, 0.05) is 62.9 Å². The van der Waals surface area contributed by atoms with Gasteiger partial charge in [0.1, 0.15) is 12.4 Å². The molecule has 1 aromatic carbocycles. The van der Waals surface area contributed by atoms with E-state index in [2.05, 4.69) is 16.0 Å². The Kier molecular flexibility index (Phi) is 7.04. The predicted molar refractivity (Wildman–Crippen MR) is 129 cm³/mol. The predicted octanol–water partition coefficient (Wildman–Crippen LogP) is 2.16. The summed E-state index contributed by atoms with van der Waals surface area (Å²) in [5.41, 5.74) is 2.84. The van der Waals surface area contributed by atoms with E-state index in [1.54, 1.807) is 12.0 Å². The Morgan fingerprint density at radius 2 is 1.97 bits per heavy atom. The molecule has 186 valence electrons. The maximum atomic E-state index is 13.2. The van der Waals surface area contributed by atoms with Gasteiger partial charge in [0.05, 0.1) is 25.3 Å². The number of likely N-dealkylation sites (tertiary alicyclic amines) is 1. The number of aliphatic hydroxyl groups is 1. The van der Waals surface area contributed by atoms with Gasteiger partial charge in [-0.2, -0.15) is 0 Å². The normalized spacial score (nSPS) is 19.4. The van der Waals surface area contributed by atoms with Crippen molar-refractivity contribution in [2.75, 3.05) is 53.6 Å². The molecule has 1 atom stereocenters. The van der Waals surface area contributed by atoms with Crippen molar-refractivity contribution in [3.63, 3.8) is 0 Å². The lowest BCUT2D eigenvalue weighted by molar-refractivity contribution is -0.137. The van der Waals surface area contributed by atoms with E-state index in [-0.39, 0.29) is 30.6 Å². The van der Waals surface area contributed by atoms with Crippen LogP contribution in [0.25, 0.3) is 10.9 Å². The summed E-state index contributed by atoms with van der Waals surface area (Å²) in [6.45, 7) is 4.21. The van der Waals surface area contributed by atoms with Gasteiger partial charge in [0.25, 0.3) is 0 Å². The molecule has 2 aromatic rings. The summed E-state index contributed by atoms with van der Waals surface area (Å²) < 4.78 is 12.6. The minimum absolute atomic E-state index is 0.0122. The second-order valence-corrected chi connectivity index (χ2v) is 9.35. The molecular weight excluding hydrogens is 436 g/mol. The van der Waals surface area contributed by atoms with Gasteiger partial charge >= 0.3 is 6.03 Å². The van der Waals surface area contributed by atoms with Crippen LogP contribution in [0, 0.1) is 0 Å². The van der Waals surface area contributed by atoms with E-state index in [4.69, 9.17) is 9.47 Å². The molecule has 1 aromatic heterocycles. The van der Waals surface area contributed by atoms with E-state index >= 15 is 0 Å². The first kappa shape index (κ1) is 24.3. The third-order valence-electron chi connectivity index (χ3n) is 7.45. The minimum Gasteiger partial charge on any atom is -0.497 e. The Balaban J connectivity index is 1.83. The Labute approximate surface area is 200 Å². The standard InChI is InChI=1S/C25H36N4O5/c1-5-10-26-24(32)29-16-25(8-11-28(12-9-25)21(31)15-33-3)22-18-7-6-17(34-4)13-19(18)27(2)23(22)20(29)14-30/h6-7,13,20,30H,5,8-12,14-16H2,1-4H3,(H,26,32)/t20-/m1/s1. The lowest BCUT2D eigenvalue weighted by Crippen LogP contribution is -2.58. The van der Waals surface area contributed by atoms with Crippen LogP contribution in [0.5, 0.6) is 5.75 Å². The van der Waals surface area contributed by atoms with E-state index in [9.17, 15) is 14.7 Å². The number of nitrogens with one attached hydrogen (secondary N) is 1. The second-order valence-electron chi connectivity index (χ2n) is 9.35. The van der Waals surface area contributed by atoms with Gasteiger partial charge < -0.3 is 34.3 Å². The minimum atomic E-state index is -0.450. The van der Waals surface area contributed by atoms with Crippen LogP contribution in [-0.2, 0) is 22.0 Å². The summed E-state index contributed by atoms with van der Waals surface area (Å²) in [5, 5.41) is 14.6. The van der Waals surface area contributed by atoms with Crippen molar-refractivity contribution in [2.24, 2.45) is 7.05 Å². The monoisotopic (exact) mass is 472 g/mol. The summed E-state index contributed by atoms with van der Waals surface area (Å²) >= 11 is 0. The van der Waals surface area contributed by atoms with E-state index in [1.165, 1.54) is 12.7 Å². The number of ether oxygens (including phenoxy) is 2. The first-order chi connectivity index (χ1) is 16.4. The highest BCUT2D eigenvalue weighted by Crippen LogP contribution is 2.50. The van der Waals surface area contributed by atoms with Crippen molar-refractivity contribution in [2.45, 2.75) is 37.6 Å². The number of amides is 3. The lowest BCUT2D eigenvalue weighted by Gasteiger charge is -2.50. The highest BCUT2D eigenvalue weighted by molar-refractivity contribution is 5.89. The number of aromatic nitrogens is 1. The second kappa shape index (κ2) is 9.84. The number of rotatable bonds is 6. The number of aliphatic hydroxyl groups excluding tert-OH is 1. The first-order valence-corrected chi connectivity index (χ1v) is 12.0. The molecule has 4 rings (SSSR count). The maximum Gasteiger partial charge on any atom is 0.318 e. The first-order valence-electron chi connectivity index (χ1n) is 12.0. The van der Waals surface area contributed by atoms with Crippen LogP contribution < -0.4 is 10.1 Å². The molecule has 3 amide bonds. The zero-order chi connectivity index (χ0) is 24.5. The van der Waals surface area contributed by atoms with Crippen LogP contribution in [0.4, 0.5) is 4.79 Å². The number of hydrogen-bond acceptors (Lipinski definition) is 5. The smallest absolute Gasteiger partial charge is 0.318 e. The van der Waals surface area contributed by atoms with Crippen molar-refractivity contribution in [1.82, 2.24) is 19.7 Å². The van der Waals surface area contributed by atoms with Crippen LogP contribution in [0.3, 0.4) is 0 Å². The van der Waals surface area contributed by atoms with Gasteiger partial charge in [-0.15, -0.1) is 0 Å². The SMILES string of the molecule is CCCNC(=O)N1CC2(CCN(C(=O)COC)CC2)c2c(n(C)c3cc(OC)ccc23)[C@H]1CO. The fourth-order valence-corrected chi connectivity index (χ4v) is 5.71. The quantitative estimate of drug-likeness (QED) is 0.672.